The summed E-state index contributed by atoms with van der Waals surface area (Å²) in [5, 5.41) is 11.7. The molecule has 0 bridgehead atoms. The number of rotatable bonds is 5. The molecule has 0 radical (unpaired) electrons. The van der Waals surface area contributed by atoms with Gasteiger partial charge in [-0.15, -0.1) is 0 Å². The minimum absolute atomic E-state index is 0.00916. The summed E-state index contributed by atoms with van der Waals surface area (Å²) in [6.07, 6.45) is 1.40. The SMILES string of the molecule is Cc1ccc(COc2ccccc2/C=C2\C(=O)NC(=O)N(c3ccc(O)cc3)C2=O)cc1. The van der Waals surface area contributed by atoms with Crippen LogP contribution in [0.4, 0.5) is 10.5 Å². The van der Waals surface area contributed by atoms with Gasteiger partial charge in [-0.1, -0.05) is 48.0 Å². The highest BCUT2D eigenvalue weighted by Crippen LogP contribution is 2.27. The average Bonchev–Trinajstić information content (AvgIpc) is 2.78. The number of phenols is 1. The Morgan fingerprint density at radius 1 is 0.938 bits per heavy atom. The quantitative estimate of drug-likeness (QED) is 0.474. The molecule has 0 aliphatic carbocycles. The second kappa shape index (κ2) is 8.77. The van der Waals surface area contributed by atoms with Gasteiger partial charge in [-0.3, -0.25) is 14.9 Å². The fourth-order valence-corrected chi connectivity index (χ4v) is 3.23. The van der Waals surface area contributed by atoms with Crippen molar-refractivity contribution in [3.63, 3.8) is 0 Å². The third-order valence-electron chi connectivity index (χ3n) is 4.94. The van der Waals surface area contributed by atoms with Gasteiger partial charge in [0.2, 0.25) is 0 Å². The smallest absolute Gasteiger partial charge is 0.335 e. The molecule has 1 aliphatic rings. The number of ether oxygens (including phenoxy) is 1. The van der Waals surface area contributed by atoms with Crippen LogP contribution >= 0.6 is 0 Å². The van der Waals surface area contributed by atoms with E-state index in [-0.39, 0.29) is 17.0 Å². The molecule has 1 saturated heterocycles. The average molecular weight is 428 g/mol. The van der Waals surface area contributed by atoms with Crippen molar-refractivity contribution >= 4 is 29.6 Å². The highest BCUT2D eigenvalue weighted by Gasteiger charge is 2.36. The molecule has 32 heavy (non-hydrogen) atoms. The van der Waals surface area contributed by atoms with Crippen LogP contribution in [0.1, 0.15) is 16.7 Å². The number of phenolic OH excluding ortho intramolecular Hbond substituents is 1. The number of carbonyl (C=O) groups is 3. The van der Waals surface area contributed by atoms with E-state index in [9.17, 15) is 19.5 Å². The van der Waals surface area contributed by atoms with E-state index in [2.05, 4.69) is 5.32 Å². The first-order valence-corrected chi connectivity index (χ1v) is 9.90. The molecule has 3 aromatic rings. The Morgan fingerprint density at radius 2 is 1.62 bits per heavy atom. The monoisotopic (exact) mass is 428 g/mol. The number of nitrogens with zero attached hydrogens (tertiary/aromatic N) is 1. The van der Waals surface area contributed by atoms with E-state index in [0.29, 0.717) is 17.9 Å². The molecule has 3 aromatic carbocycles. The van der Waals surface area contributed by atoms with Gasteiger partial charge < -0.3 is 9.84 Å². The van der Waals surface area contributed by atoms with Gasteiger partial charge >= 0.3 is 6.03 Å². The van der Waals surface area contributed by atoms with Crippen LogP contribution in [-0.2, 0) is 16.2 Å². The number of nitrogens with one attached hydrogen (secondary N) is 1. The zero-order valence-electron chi connectivity index (χ0n) is 17.2. The molecule has 7 heteroatoms. The Kier molecular flexibility index (Phi) is 5.72. The molecule has 0 atom stereocenters. The highest BCUT2D eigenvalue weighted by atomic mass is 16.5. The number of urea groups is 1. The minimum atomic E-state index is -0.855. The molecule has 1 aliphatic heterocycles. The first kappa shape index (κ1) is 20.9. The van der Waals surface area contributed by atoms with Crippen molar-refractivity contribution in [2.45, 2.75) is 13.5 Å². The molecule has 4 amide bonds. The van der Waals surface area contributed by atoms with E-state index < -0.39 is 17.8 Å². The van der Waals surface area contributed by atoms with Crippen LogP contribution in [0.3, 0.4) is 0 Å². The van der Waals surface area contributed by atoms with E-state index in [1.54, 1.807) is 24.3 Å². The topological polar surface area (TPSA) is 95.9 Å². The zero-order chi connectivity index (χ0) is 22.7. The maximum atomic E-state index is 13.0. The molecule has 2 N–H and O–H groups in total. The summed E-state index contributed by atoms with van der Waals surface area (Å²) in [6, 6.07) is 19.6. The summed E-state index contributed by atoms with van der Waals surface area (Å²) in [5.41, 5.74) is 2.68. The first-order chi connectivity index (χ1) is 15.4. The number of carbonyl (C=O) groups excluding carboxylic acids is 3. The van der Waals surface area contributed by atoms with Gasteiger partial charge in [-0.25, -0.2) is 9.69 Å². The number of barbiturate groups is 1. The van der Waals surface area contributed by atoms with E-state index in [0.717, 1.165) is 16.0 Å². The van der Waals surface area contributed by atoms with E-state index in [1.807, 2.05) is 31.2 Å². The number of benzene rings is 3. The largest absolute Gasteiger partial charge is 0.508 e. The molecule has 1 heterocycles. The second-order valence-corrected chi connectivity index (χ2v) is 7.29. The summed E-state index contributed by atoms with van der Waals surface area (Å²) in [6.45, 7) is 2.32. The number of aromatic hydroxyl groups is 1. The van der Waals surface area contributed by atoms with Crippen LogP contribution < -0.4 is 15.0 Å². The van der Waals surface area contributed by atoms with E-state index in [4.69, 9.17) is 4.74 Å². The summed E-state index contributed by atoms with van der Waals surface area (Å²) in [5.74, 6) is -1.07. The van der Waals surface area contributed by atoms with Crippen molar-refractivity contribution in [3.05, 3.63) is 95.1 Å². The Balaban J connectivity index is 1.62. The number of aryl methyl sites for hydroxylation is 1. The molecule has 160 valence electrons. The maximum absolute atomic E-state index is 13.0. The second-order valence-electron chi connectivity index (χ2n) is 7.29. The molecule has 7 nitrogen and oxygen atoms in total. The summed E-state index contributed by atoms with van der Waals surface area (Å²) in [7, 11) is 0. The van der Waals surface area contributed by atoms with Gasteiger partial charge in [0.05, 0.1) is 5.69 Å². The number of hydrogen-bond acceptors (Lipinski definition) is 5. The lowest BCUT2D eigenvalue weighted by atomic mass is 10.1. The Morgan fingerprint density at radius 3 is 2.34 bits per heavy atom. The van der Waals surface area contributed by atoms with Crippen LogP contribution in [0, 0.1) is 6.92 Å². The number of hydrogen-bond donors (Lipinski definition) is 2. The lowest BCUT2D eigenvalue weighted by Crippen LogP contribution is -2.54. The van der Waals surface area contributed by atoms with Gasteiger partial charge in [0, 0.05) is 5.56 Å². The Labute approximate surface area is 184 Å². The highest BCUT2D eigenvalue weighted by molar-refractivity contribution is 6.39. The van der Waals surface area contributed by atoms with Gasteiger partial charge in [0.25, 0.3) is 11.8 Å². The van der Waals surface area contributed by atoms with E-state index >= 15 is 0 Å². The van der Waals surface area contributed by atoms with Crippen molar-refractivity contribution in [1.82, 2.24) is 5.32 Å². The number of para-hydroxylation sites is 1. The Bertz CT molecular complexity index is 1210. The normalized spacial score (nSPS) is 15.1. The molecule has 4 rings (SSSR count). The fourth-order valence-electron chi connectivity index (χ4n) is 3.23. The first-order valence-electron chi connectivity index (χ1n) is 9.90. The minimum Gasteiger partial charge on any atom is -0.508 e. The number of anilines is 1. The summed E-state index contributed by atoms with van der Waals surface area (Å²) >= 11 is 0. The molecule has 0 aromatic heterocycles. The lowest BCUT2D eigenvalue weighted by molar-refractivity contribution is -0.122. The molecule has 0 spiro atoms. The van der Waals surface area contributed by atoms with Gasteiger partial charge in [-0.05, 0) is 48.9 Å². The van der Waals surface area contributed by atoms with Crippen molar-refractivity contribution in [2.24, 2.45) is 0 Å². The van der Waals surface area contributed by atoms with Crippen molar-refractivity contribution < 1.29 is 24.2 Å². The van der Waals surface area contributed by atoms with Gasteiger partial charge in [0.15, 0.2) is 0 Å². The zero-order valence-corrected chi connectivity index (χ0v) is 17.2. The van der Waals surface area contributed by atoms with Gasteiger partial charge in [-0.2, -0.15) is 0 Å². The van der Waals surface area contributed by atoms with Crippen LogP contribution in [0.15, 0.2) is 78.4 Å². The van der Waals surface area contributed by atoms with E-state index in [1.165, 1.54) is 30.3 Å². The Hall–Kier alpha value is -4.39. The molecular weight excluding hydrogens is 408 g/mol. The van der Waals surface area contributed by atoms with Crippen LogP contribution in [0.2, 0.25) is 0 Å². The summed E-state index contributed by atoms with van der Waals surface area (Å²) in [4.78, 5) is 38.6. The molecule has 1 fully saturated rings. The van der Waals surface area contributed by atoms with Crippen molar-refractivity contribution in [3.8, 4) is 11.5 Å². The number of amides is 4. The van der Waals surface area contributed by atoms with Crippen LogP contribution in [-0.4, -0.2) is 23.0 Å². The molecule has 0 saturated carbocycles. The van der Waals surface area contributed by atoms with Gasteiger partial charge in [0.1, 0.15) is 23.7 Å². The van der Waals surface area contributed by atoms with Crippen molar-refractivity contribution in [2.75, 3.05) is 4.90 Å². The van der Waals surface area contributed by atoms with Crippen LogP contribution in [0.5, 0.6) is 11.5 Å². The predicted molar refractivity (Wildman–Crippen MR) is 119 cm³/mol. The standard InChI is InChI=1S/C25H20N2O5/c1-16-6-8-17(9-7-16)15-32-22-5-3-2-4-18(22)14-21-23(29)26-25(31)27(24(21)30)19-10-12-20(28)13-11-19/h2-14,28H,15H2,1H3,(H,26,29,31)/b21-14+. The maximum Gasteiger partial charge on any atom is 0.335 e. The fraction of sp³-hybridized carbons (Fsp3) is 0.0800. The molecular formula is C25H20N2O5. The predicted octanol–water partition coefficient (Wildman–Crippen LogP) is 3.95. The third kappa shape index (κ3) is 4.37. The third-order valence-corrected chi connectivity index (χ3v) is 4.94. The summed E-state index contributed by atoms with van der Waals surface area (Å²) < 4.78 is 5.92. The number of imide groups is 2. The molecule has 0 unspecified atom stereocenters. The van der Waals surface area contributed by atoms with Crippen molar-refractivity contribution in [1.29, 1.82) is 0 Å². The lowest BCUT2D eigenvalue weighted by Gasteiger charge is -2.26. The van der Waals surface area contributed by atoms with Crippen LogP contribution in [0.25, 0.3) is 6.08 Å².